The minimum atomic E-state index is -2.48. The number of esters is 1. The van der Waals surface area contributed by atoms with Gasteiger partial charge in [0, 0.05) is 36.3 Å². The van der Waals surface area contributed by atoms with E-state index >= 15 is 9.59 Å². The lowest BCUT2D eigenvalue weighted by Crippen LogP contribution is -2.64. The zero-order valence-corrected chi connectivity index (χ0v) is 88.9. The number of carbonyl (C=O) groups excluding carboxylic acids is 11. The zero-order chi connectivity index (χ0) is 109. The lowest BCUT2D eigenvalue weighted by molar-refractivity contribution is -0.387. The second-order valence-corrected chi connectivity index (χ2v) is 47.4. The van der Waals surface area contributed by atoms with Gasteiger partial charge < -0.3 is 120 Å². The van der Waals surface area contributed by atoms with E-state index in [4.69, 9.17) is 94.1 Å². The van der Waals surface area contributed by atoms with Gasteiger partial charge in [0.2, 0.25) is 24.2 Å². The Morgan fingerprint density at radius 3 is 1.34 bits per heavy atom. The molecule has 3 heterocycles. The molecule has 6 aromatic rings. The van der Waals surface area contributed by atoms with Gasteiger partial charge in [-0.25, -0.2) is 33.6 Å². The summed E-state index contributed by atoms with van der Waals surface area (Å²) in [6.45, 7) is 41.0. The molecule has 0 bridgehead atoms. The molecule has 149 heavy (non-hydrogen) atoms. The van der Waals surface area contributed by atoms with Crippen molar-refractivity contribution in [2.75, 3.05) is 104 Å². The van der Waals surface area contributed by atoms with E-state index in [2.05, 4.69) is 127 Å². The number of amides is 7. The summed E-state index contributed by atoms with van der Waals surface area (Å²) >= 11 is 0. The van der Waals surface area contributed by atoms with Crippen LogP contribution >= 0.6 is 0 Å². The van der Waals surface area contributed by atoms with Crippen LogP contribution in [0.5, 0.6) is 40.2 Å². The molecular formula is C106H134N8O33Si2. The van der Waals surface area contributed by atoms with Gasteiger partial charge in [-0.1, -0.05) is 161 Å². The maximum atomic E-state index is 15.7. The Bertz CT molecular complexity index is 5820. The Balaban J connectivity index is 0.986. The summed E-state index contributed by atoms with van der Waals surface area (Å²) in [5, 5.41) is 26.2. The first kappa shape index (κ1) is 117. The molecule has 9 atom stereocenters. The fourth-order valence-corrected chi connectivity index (χ4v) is 16.7. The Morgan fingerprint density at radius 1 is 0.477 bits per heavy atom. The molecule has 6 aromatic carbocycles. The van der Waals surface area contributed by atoms with Gasteiger partial charge in [-0.15, -0.1) is 0 Å². The number of nitrogens with one attached hydrogen (secondary N) is 5. The summed E-state index contributed by atoms with van der Waals surface area (Å²) in [4.78, 5) is 169. The van der Waals surface area contributed by atoms with Crippen molar-refractivity contribution in [3.8, 4) is 40.2 Å². The number of hydrogen-bond acceptors (Lipinski definition) is 33. The van der Waals surface area contributed by atoms with Crippen molar-refractivity contribution in [1.29, 1.82) is 0 Å². The van der Waals surface area contributed by atoms with Crippen molar-refractivity contribution >= 4 is 117 Å². The highest BCUT2D eigenvalue weighted by atomic mass is 28.4. The van der Waals surface area contributed by atoms with Crippen molar-refractivity contribution in [3.05, 3.63) is 234 Å². The molecule has 1 fully saturated rings. The van der Waals surface area contributed by atoms with Crippen molar-refractivity contribution in [2.24, 2.45) is 5.92 Å². The minimum Gasteiger partial charge on any atom is -0.497 e. The number of benzene rings is 6. The number of carbonyl (C=O) groups is 11. The van der Waals surface area contributed by atoms with E-state index in [1.165, 1.54) is 86.8 Å². The number of alkyl carbamates (subject to hydrolysis) is 1. The predicted octanol–water partition coefficient (Wildman–Crippen LogP) is 18.6. The first-order valence-electron chi connectivity index (χ1n) is 48.0. The summed E-state index contributed by atoms with van der Waals surface area (Å²) < 4.78 is 115. The molecule has 0 radical (unpaired) electrons. The Labute approximate surface area is 867 Å². The van der Waals surface area contributed by atoms with E-state index in [1.54, 1.807) is 81.8 Å². The SMILES string of the molecule is C=CCOC(=O)N[C@H](C(=O)N[C@@H](C)C(=O)Nc1ccc(COC(=O)Nc2cc(OCCCCCOc3cc(NC(=O)OCc4ccc(O[C@@H]5O[C@H](C(=O)OCC=C)[C@@H](OC(=O)OCC=C)[C@H](OC(=O)OCC=C)[C@H]5OC(=O)OCC=C)c([N+](=O)[O-])c4)c(C(=O)N4C=C(c5ccc(OC)cc5)C[C@H]4CO[Si](C)(C)C(C)(C)C)cc3OC)c(OC)cc2C(=O)N2C=C(c3ccc(OC)cc3)C[C@H]2CO[Si](C)(C)C(C)(C)C)cc1)C(C)C. The number of nitro benzene ring substituents is 1. The van der Waals surface area contributed by atoms with E-state index in [0.29, 0.717) is 54.9 Å². The number of hydrogen-bond donors (Lipinski definition) is 5. The third kappa shape index (κ3) is 33.1. The molecule has 3 aliphatic rings. The van der Waals surface area contributed by atoms with Gasteiger partial charge in [0.25, 0.3) is 11.8 Å². The van der Waals surface area contributed by atoms with Gasteiger partial charge in [-0.3, -0.25) is 39.9 Å². The van der Waals surface area contributed by atoms with Crippen molar-refractivity contribution in [2.45, 2.75) is 199 Å². The number of nitrogens with zero attached hydrogens (tertiary/aromatic N) is 3. The van der Waals surface area contributed by atoms with Crippen LogP contribution in [0.4, 0.5) is 51.5 Å². The lowest BCUT2D eigenvalue weighted by atomic mass is 9.98. The molecular weight excluding hydrogens is 1970 g/mol. The third-order valence-corrected chi connectivity index (χ3v) is 33.9. The van der Waals surface area contributed by atoms with Crippen molar-refractivity contribution in [3.63, 3.8) is 0 Å². The first-order valence-corrected chi connectivity index (χ1v) is 53.8. The van der Waals surface area contributed by atoms with E-state index in [-0.39, 0.29) is 107 Å². The molecule has 9 rings (SSSR count). The van der Waals surface area contributed by atoms with Crippen LogP contribution < -0.4 is 59.7 Å². The van der Waals surface area contributed by atoms with Gasteiger partial charge in [0.15, 0.2) is 63.7 Å². The quantitative estimate of drug-likeness (QED) is 0.00450. The monoisotopic (exact) mass is 2100 g/mol. The van der Waals surface area contributed by atoms with Crippen LogP contribution in [0.15, 0.2) is 191 Å². The van der Waals surface area contributed by atoms with Gasteiger partial charge in [-0.05, 0) is 169 Å². The number of ether oxygens (including phenoxy) is 18. The fraction of sp³-hybridized carbons (Fsp3) is 0.425. The molecule has 3 aliphatic heterocycles. The average Bonchev–Trinajstić information content (AvgIpc) is 1.44. The number of rotatable bonds is 51. The largest absolute Gasteiger partial charge is 0.509 e. The molecule has 0 spiro atoms. The number of unbranched alkanes of at least 4 members (excludes halogenated alkanes) is 2. The van der Waals surface area contributed by atoms with Crippen LogP contribution in [0, 0.1) is 16.0 Å². The number of nitro groups is 1. The summed E-state index contributed by atoms with van der Waals surface area (Å²) in [6.07, 6.45) is -6.89. The molecule has 804 valence electrons. The fourth-order valence-electron chi connectivity index (χ4n) is 14.6. The van der Waals surface area contributed by atoms with Gasteiger partial charge >= 0.3 is 48.4 Å². The molecule has 0 aliphatic carbocycles. The maximum Gasteiger partial charge on any atom is 0.509 e. The first-order chi connectivity index (χ1) is 70.8. The smallest absolute Gasteiger partial charge is 0.497 e. The Hall–Kier alpha value is -15.2. The van der Waals surface area contributed by atoms with E-state index in [9.17, 15) is 53.3 Å². The molecule has 7 amide bonds. The highest BCUT2D eigenvalue weighted by Crippen LogP contribution is 2.45. The second-order valence-electron chi connectivity index (χ2n) is 37.8. The van der Waals surface area contributed by atoms with Crippen LogP contribution in [0.3, 0.4) is 0 Å². The maximum absolute atomic E-state index is 15.7. The highest BCUT2D eigenvalue weighted by molar-refractivity contribution is 6.74. The summed E-state index contributed by atoms with van der Waals surface area (Å²) in [5.41, 5.74) is 2.92. The highest BCUT2D eigenvalue weighted by Gasteiger charge is 2.58. The Morgan fingerprint density at radius 2 is 0.906 bits per heavy atom. The normalized spacial score (nSPS) is 16.8. The van der Waals surface area contributed by atoms with Crippen LogP contribution in [-0.4, -0.2) is 240 Å². The summed E-state index contributed by atoms with van der Waals surface area (Å²) in [7, 11) is 0.996. The molecule has 0 saturated carbocycles. The van der Waals surface area contributed by atoms with Gasteiger partial charge in [0.1, 0.15) is 69.8 Å². The van der Waals surface area contributed by atoms with E-state index in [0.717, 1.165) is 34.4 Å². The Kier molecular flexibility index (Phi) is 43.3. The van der Waals surface area contributed by atoms with E-state index in [1.807, 2.05) is 36.4 Å². The molecule has 41 nitrogen and oxygen atoms in total. The average molecular weight is 2100 g/mol. The third-order valence-electron chi connectivity index (χ3n) is 24.9. The molecule has 0 unspecified atom stereocenters. The lowest BCUT2D eigenvalue weighted by Gasteiger charge is -2.42. The summed E-state index contributed by atoms with van der Waals surface area (Å²) in [6, 6.07) is 26.9. The standard InChI is InChI=1S/C106H134N8O33Si2/c1-23-45-134-97(119)91-89(145-102(123)136-47-25-3)90(146-103(124)137-48-26-4)92(147-104(125)138-49-27-5)98(144-91)143-83-44-33-68(52-82(83)114(126)127)62-140-100(121)110-81-58-87(85(131-18)56-79(81)96(118)113-60-72(70-36-42-77(129-16)43-37-70)54-75(113)64-142-149(21,22)106(12,13)14)133-51-30-28-29-50-132-86-57-80(109-99(120)139-61-67-31-38-73(39-32-67)108-93(115)66(8)107-94(116)88(65(6)7)111-101(122)135-46-24-2)78(55-84(86)130-17)95(117)112-59-71(69-34-40-76(128-15)41-35-69)53-74(112)63-141-148(19,20)105(9,10)11/h23-27,31-44,52,55-60,65-66,74-75,88-92,98H,1-5,28-30,45-51,53-54,61-64H2,6-22H3,(H,107,116)(H,108,115)(H,109,120)(H,110,121)(H,111,122)/t66-,74-,75-,88-,89-,90-,91-,92+,98+/m0/s1. The number of methoxy groups -OCH3 is 4. The topological polar surface area (TPSA) is 482 Å². The molecule has 1 saturated heterocycles. The van der Waals surface area contributed by atoms with Crippen LogP contribution in [-0.2, 0) is 88.6 Å². The second kappa shape index (κ2) is 55.0. The minimum absolute atomic E-state index is 0.00538. The van der Waals surface area contributed by atoms with Crippen molar-refractivity contribution < 1.29 is 152 Å². The summed E-state index contributed by atoms with van der Waals surface area (Å²) in [5.74, 6) is -3.03. The van der Waals surface area contributed by atoms with Crippen LogP contribution in [0.25, 0.3) is 11.1 Å². The van der Waals surface area contributed by atoms with Gasteiger partial charge in [-0.2, -0.15) is 0 Å². The molecule has 5 N–H and O–H groups in total. The predicted molar refractivity (Wildman–Crippen MR) is 555 cm³/mol. The van der Waals surface area contributed by atoms with Crippen LogP contribution in [0.1, 0.15) is 137 Å². The van der Waals surface area contributed by atoms with E-state index < -0.39 is 187 Å². The molecule has 43 heteroatoms. The molecule has 0 aromatic heterocycles. The van der Waals surface area contributed by atoms with Crippen LogP contribution in [0.2, 0.25) is 36.3 Å². The van der Waals surface area contributed by atoms with Crippen molar-refractivity contribution in [1.82, 2.24) is 20.4 Å². The van der Waals surface area contributed by atoms with Gasteiger partial charge in [0.05, 0.1) is 94.4 Å². The number of anilines is 3. The zero-order valence-electron chi connectivity index (χ0n) is 86.9.